The summed E-state index contributed by atoms with van der Waals surface area (Å²) in [6.07, 6.45) is 1.74. The van der Waals surface area contributed by atoms with Crippen molar-refractivity contribution in [1.82, 2.24) is 10.3 Å². The zero-order chi connectivity index (χ0) is 12.3. The van der Waals surface area contributed by atoms with E-state index < -0.39 is 11.6 Å². The Balaban J connectivity index is 2.35. The van der Waals surface area contributed by atoms with Crippen molar-refractivity contribution in [2.45, 2.75) is 13.0 Å². The smallest absolute Gasteiger partial charge is 0.159 e. The zero-order valence-corrected chi connectivity index (χ0v) is 10.1. The van der Waals surface area contributed by atoms with Gasteiger partial charge in [-0.1, -0.05) is 13.0 Å². The van der Waals surface area contributed by atoms with Gasteiger partial charge in [0.05, 0.1) is 11.6 Å². The molecule has 0 aliphatic rings. The van der Waals surface area contributed by atoms with E-state index in [0.29, 0.717) is 5.56 Å². The monoisotopic (exact) mass is 254 g/mol. The topological polar surface area (TPSA) is 24.9 Å². The molecule has 2 aromatic rings. The lowest BCUT2D eigenvalue weighted by atomic mass is 10.1. The molecule has 1 atom stereocenters. The van der Waals surface area contributed by atoms with Crippen LogP contribution in [0.25, 0.3) is 0 Å². The molecule has 0 aliphatic heterocycles. The third kappa shape index (κ3) is 2.68. The van der Waals surface area contributed by atoms with E-state index >= 15 is 0 Å². The van der Waals surface area contributed by atoms with Crippen LogP contribution >= 0.6 is 11.3 Å². The molecule has 1 N–H and O–H groups in total. The van der Waals surface area contributed by atoms with Crippen LogP contribution in [-0.4, -0.2) is 11.5 Å². The van der Waals surface area contributed by atoms with E-state index in [1.807, 2.05) is 6.92 Å². The lowest BCUT2D eigenvalue weighted by Crippen LogP contribution is -2.21. The van der Waals surface area contributed by atoms with Crippen LogP contribution in [0.5, 0.6) is 0 Å². The minimum Gasteiger partial charge on any atom is -0.306 e. The Morgan fingerprint density at radius 3 is 2.76 bits per heavy atom. The highest BCUT2D eigenvalue weighted by atomic mass is 32.1. The maximum atomic E-state index is 13.2. The summed E-state index contributed by atoms with van der Waals surface area (Å²) in [6.45, 7) is 2.70. The van der Waals surface area contributed by atoms with Gasteiger partial charge in [0, 0.05) is 11.1 Å². The van der Waals surface area contributed by atoms with Crippen molar-refractivity contribution in [2.24, 2.45) is 0 Å². The summed E-state index contributed by atoms with van der Waals surface area (Å²) in [6, 6.07) is 3.83. The fraction of sp³-hybridized carbons (Fsp3) is 0.250. The summed E-state index contributed by atoms with van der Waals surface area (Å²) in [5.74, 6) is -1.65. The first kappa shape index (κ1) is 12.1. The molecule has 0 fully saturated rings. The summed E-state index contributed by atoms with van der Waals surface area (Å²) in [4.78, 5) is 4.99. The normalized spacial score (nSPS) is 12.6. The third-order valence-electron chi connectivity index (χ3n) is 2.42. The average Bonchev–Trinajstić information content (AvgIpc) is 2.83. The molecule has 0 radical (unpaired) electrons. The first-order valence-corrected chi connectivity index (χ1v) is 6.17. The predicted molar refractivity (Wildman–Crippen MR) is 64.0 cm³/mol. The zero-order valence-electron chi connectivity index (χ0n) is 9.28. The highest BCUT2D eigenvalue weighted by Crippen LogP contribution is 2.25. The van der Waals surface area contributed by atoms with Crippen molar-refractivity contribution in [3.63, 3.8) is 0 Å². The first-order chi connectivity index (χ1) is 8.22. The fourth-order valence-corrected chi connectivity index (χ4v) is 2.37. The van der Waals surface area contributed by atoms with Crippen molar-refractivity contribution in [3.8, 4) is 0 Å². The largest absolute Gasteiger partial charge is 0.306 e. The lowest BCUT2D eigenvalue weighted by Gasteiger charge is -2.16. The molecule has 1 heterocycles. The second-order valence-electron chi connectivity index (χ2n) is 3.57. The molecule has 0 aliphatic carbocycles. The summed E-state index contributed by atoms with van der Waals surface area (Å²) < 4.78 is 26.1. The summed E-state index contributed by atoms with van der Waals surface area (Å²) >= 11 is 1.49. The molecular weight excluding hydrogens is 242 g/mol. The van der Waals surface area contributed by atoms with Crippen LogP contribution in [0.15, 0.2) is 29.9 Å². The van der Waals surface area contributed by atoms with Gasteiger partial charge >= 0.3 is 0 Å². The highest BCUT2D eigenvalue weighted by molar-refractivity contribution is 7.09. The number of rotatable bonds is 4. The van der Waals surface area contributed by atoms with Gasteiger partial charge in [0.15, 0.2) is 11.6 Å². The van der Waals surface area contributed by atoms with Crippen LogP contribution in [-0.2, 0) is 0 Å². The van der Waals surface area contributed by atoms with Crippen LogP contribution in [0.4, 0.5) is 8.78 Å². The molecule has 0 bridgehead atoms. The van der Waals surface area contributed by atoms with Crippen molar-refractivity contribution in [1.29, 1.82) is 0 Å². The molecule has 0 amide bonds. The molecule has 2 nitrogen and oxygen atoms in total. The van der Waals surface area contributed by atoms with Gasteiger partial charge in [0.2, 0.25) is 0 Å². The van der Waals surface area contributed by atoms with Crippen molar-refractivity contribution < 1.29 is 8.78 Å². The Labute approximate surface area is 102 Å². The standard InChI is InChI=1S/C12H12F2N2S/c1-2-16-12(11-6-15-7-17-11)8-3-4-9(13)10(14)5-8/h3-7,12,16H,2H2,1H3. The molecule has 17 heavy (non-hydrogen) atoms. The van der Waals surface area contributed by atoms with Crippen molar-refractivity contribution in [2.75, 3.05) is 6.54 Å². The number of aromatic nitrogens is 1. The number of nitrogens with one attached hydrogen (secondary N) is 1. The minimum atomic E-state index is -0.826. The predicted octanol–water partition coefficient (Wildman–Crippen LogP) is 3.12. The Morgan fingerprint density at radius 1 is 1.35 bits per heavy atom. The van der Waals surface area contributed by atoms with Crippen LogP contribution in [0.1, 0.15) is 23.4 Å². The summed E-state index contributed by atoms with van der Waals surface area (Å²) in [7, 11) is 0. The summed E-state index contributed by atoms with van der Waals surface area (Å²) in [5.41, 5.74) is 2.43. The van der Waals surface area contributed by atoms with Crippen LogP contribution in [0.3, 0.4) is 0 Å². The number of hydrogen-bond acceptors (Lipinski definition) is 3. The van der Waals surface area contributed by atoms with E-state index in [1.54, 1.807) is 17.8 Å². The van der Waals surface area contributed by atoms with Gasteiger partial charge in [0.25, 0.3) is 0 Å². The van der Waals surface area contributed by atoms with Gasteiger partial charge in [-0.15, -0.1) is 11.3 Å². The summed E-state index contributed by atoms with van der Waals surface area (Å²) in [5, 5.41) is 3.23. The van der Waals surface area contributed by atoms with Crippen LogP contribution < -0.4 is 5.32 Å². The quantitative estimate of drug-likeness (QED) is 0.906. The van der Waals surface area contributed by atoms with Gasteiger partial charge in [-0.05, 0) is 24.2 Å². The number of halogens is 2. The molecule has 90 valence electrons. The van der Waals surface area contributed by atoms with E-state index in [1.165, 1.54) is 17.4 Å². The molecule has 1 aromatic heterocycles. The fourth-order valence-electron chi connectivity index (χ4n) is 1.65. The Bertz CT molecular complexity index is 485. The Morgan fingerprint density at radius 2 is 2.18 bits per heavy atom. The van der Waals surface area contributed by atoms with E-state index in [4.69, 9.17) is 0 Å². The molecule has 0 spiro atoms. The van der Waals surface area contributed by atoms with Crippen molar-refractivity contribution >= 4 is 11.3 Å². The number of benzene rings is 1. The maximum Gasteiger partial charge on any atom is 0.159 e. The number of hydrogen-bond donors (Lipinski definition) is 1. The van der Waals surface area contributed by atoms with Crippen molar-refractivity contribution in [3.05, 3.63) is 52.0 Å². The molecular formula is C12H12F2N2S. The average molecular weight is 254 g/mol. The van der Waals surface area contributed by atoms with Gasteiger partial charge < -0.3 is 5.32 Å². The van der Waals surface area contributed by atoms with Crippen LogP contribution in [0.2, 0.25) is 0 Å². The van der Waals surface area contributed by atoms with E-state index in [0.717, 1.165) is 17.5 Å². The van der Waals surface area contributed by atoms with E-state index in [-0.39, 0.29) is 6.04 Å². The second kappa shape index (κ2) is 5.33. The molecule has 2 rings (SSSR count). The van der Waals surface area contributed by atoms with Crippen LogP contribution in [0, 0.1) is 11.6 Å². The molecule has 0 saturated heterocycles. The minimum absolute atomic E-state index is 0.136. The Kier molecular flexibility index (Phi) is 3.81. The number of thiazole rings is 1. The molecule has 1 unspecified atom stereocenters. The van der Waals surface area contributed by atoms with Gasteiger partial charge in [0.1, 0.15) is 0 Å². The Hall–Kier alpha value is -1.33. The van der Waals surface area contributed by atoms with E-state index in [2.05, 4.69) is 10.3 Å². The van der Waals surface area contributed by atoms with Gasteiger partial charge in [-0.3, -0.25) is 4.98 Å². The van der Waals surface area contributed by atoms with Gasteiger partial charge in [-0.25, -0.2) is 8.78 Å². The molecule has 1 aromatic carbocycles. The maximum absolute atomic E-state index is 13.2. The number of nitrogens with zero attached hydrogens (tertiary/aromatic N) is 1. The third-order valence-corrected chi connectivity index (χ3v) is 3.26. The van der Waals surface area contributed by atoms with E-state index in [9.17, 15) is 8.78 Å². The van der Waals surface area contributed by atoms with Gasteiger partial charge in [-0.2, -0.15) is 0 Å². The SMILES string of the molecule is CCNC(c1ccc(F)c(F)c1)c1cncs1. The molecule has 0 saturated carbocycles. The molecule has 5 heteroatoms. The lowest BCUT2D eigenvalue weighted by molar-refractivity contribution is 0.504. The second-order valence-corrected chi connectivity index (χ2v) is 4.49. The highest BCUT2D eigenvalue weighted by Gasteiger charge is 2.16. The first-order valence-electron chi connectivity index (χ1n) is 5.29.